The Hall–Kier alpha value is -5.09. The predicted molar refractivity (Wildman–Crippen MR) is 171 cm³/mol. The third-order valence-electron chi connectivity index (χ3n) is 9.02. The highest BCUT2D eigenvalue weighted by atomic mass is 19.1. The lowest BCUT2D eigenvalue weighted by Crippen LogP contribution is -2.47. The molecule has 3 aliphatic heterocycles. The van der Waals surface area contributed by atoms with Crippen LogP contribution in [-0.4, -0.2) is 75.0 Å². The van der Waals surface area contributed by atoms with Crippen molar-refractivity contribution in [1.29, 1.82) is 0 Å². The van der Waals surface area contributed by atoms with Gasteiger partial charge in [-0.1, -0.05) is 36.4 Å². The number of amides is 1. The maximum Gasteiger partial charge on any atom is 0.259 e. The summed E-state index contributed by atoms with van der Waals surface area (Å²) in [7, 11) is 1.65. The molecule has 0 bridgehead atoms. The third-order valence-corrected chi connectivity index (χ3v) is 9.02. The average molecular weight is 607 g/mol. The zero-order valence-electron chi connectivity index (χ0n) is 24.8. The maximum absolute atomic E-state index is 16.3. The SMILES string of the molecule is COc1ccccc1N1CCN(c2c(F)cc3c(=O)c(C(=O)N4CCOCC4)cn4c3c2Oc2cc3ccccc3cc2-4)CC1. The van der Waals surface area contributed by atoms with E-state index in [0.717, 1.165) is 22.2 Å². The van der Waals surface area contributed by atoms with Crippen molar-refractivity contribution in [1.82, 2.24) is 9.47 Å². The number of morpholine rings is 1. The summed E-state index contributed by atoms with van der Waals surface area (Å²) in [6, 6.07) is 20.9. The number of pyridine rings is 1. The first-order valence-corrected chi connectivity index (χ1v) is 15.1. The Kier molecular flexibility index (Phi) is 6.60. The summed E-state index contributed by atoms with van der Waals surface area (Å²) in [6.07, 6.45) is 1.60. The Labute approximate surface area is 258 Å². The van der Waals surface area contributed by atoms with Crippen LogP contribution in [0.5, 0.6) is 17.2 Å². The number of hydrogen-bond acceptors (Lipinski definition) is 7. The fourth-order valence-electron chi connectivity index (χ4n) is 6.74. The summed E-state index contributed by atoms with van der Waals surface area (Å²) in [5.41, 5.74) is 1.91. The average Bonchev–Trinajstić information content (AvgIpc) is 3.08. The van der Waals surface area contributed by atoms with Gasteiger partial charge in [0.2, 0.25) is 5.43 Å². The van der Waals surface area contributed by atoms with E-state index in [-0.39, 0.29) is 22.6 Å². The highest BCUT2D eigenvalue weighted by Crippen LogP contribution is 2.48. The van der Waals surface area contributed by atoms with Gasteiger partial charge in [-0.05, 0) is 41.1 Å². The highest BCUT2D eigenvalue weighted by Gasteiger charge is 2.33. The molecule has 2 fully saturated rings. The molecule has 45 heavy (non-hydrogen) atoms. The molecule has 4 aromatic carbocycles. The Bertz CT molecular complexity index is 2050. The second kappa shape index (κ2) is 10.8. The number of nitrogens with zero attached hydrogens (tertiary/aromatic N) is 4. The standard InChI is InChI=1S/C35H31FN4O5/c1-43-29-9-5-4-8-27(29)37-10-12-38(13-11-37)32-26(36)20-24-31-34(32)45-30-19-23-7-3-2-6-22(23)18-28(30)40(31)21-25(33(24)41)35(42)39-14-16-44-17-15-39/h2-9,18-21H,10-17H2,1H3. The molecule has 0 saturated carbocycles. The monoisotopic (exact) mass is 606 g/mol. The topological polar surface area (TPSA) is 76.5 Å². The Morgan fingerprint density at radius 3 is 2.29 bits per heavy atom. The van der Waals surface area contributed by atoms with Gasteiger partial charge in [0.25, 0.3) is 5.91 Å². The van der Waals surface area contributed by atoms with Crippen LogP contribution in [0.25, 0.3) is 27.4 Å². The molecule has 9 nitrogen and oxygen atoms in total. The number of benzene rings is 4. The maximum atomic E-state index is 16.3. The van der Waals surface area contributed by atoms with Gasteiger partial charge in [-0.3, -0.25) is 9.59 Å². The fourth-order valence-corrected chi connectivity index (χ4v) is 6.74. The lowest BCUT2D eigenvalue weighted by Gasteiger charge is -2.39. The van der Waals surface area contributed by atoms with Gasteiger partial charge in [0.15, 0.2) is 17.3 Å². The van der Waals surface area contributed by atoms with Crippen LogP contribution in [0.1, 0.15) is 10.4 Å². The third kappa shape index (κ3) is 4.47. The minimum atomic E-state index is -0.563. The molecule has 2 saturated heterocycles. The zero-order valence-corrected chi connectivity index (χ0v) is 24.8. The van der Waals surface area contributed by atoms with E-state index < -0.39 is 11.2 Å². The van der Waals surface area contributed by atoms with Gasteiger partial charge < -0.3 is 33.5 Å². The van der Waals surface area contributed by atoms with E-state index in [4.69, 9.17) is 14.2 Å². The summed E-state index contributed by atoms with van der Waals surface area (Å²) in [6.45, 7) is 3.92. The number of carbonyl (C=O) groups excluding carboxylic acids is 1. The van der Waals surface area contributed by atoms with Crippen molar-refractivity contribution in [2.24, 2.45) is 0 Å². The van der Waals surface area contributed by atoms with Gasteiger partial charge in [-0.2, -0.15) is 0 Å². The van der Waals surface area contributed by atoms with Gasteiger partial charge >= 0.3 is 0 Å². The molecule has 4 heterocycles. The molecule has 0 N–H and O–H groups in total. The normalized spacial score (nSPS) is 16.1. The van der Waals surface area contributed by atoms with E-state index in [9.17, 15) is 9.59 Å². The van der Waals surface area contributed by atoms with E-state index >= 15 is 4.39 Å². The predicted octanol–water partition coefficient (Wildman–Crippen LogP) is 5.20. The first-order chi connectivity index (χ1) is 22.0. The molecule has 10 heteroatoms. The van der Waals surface area contributed by atoms with Crippen LogP contribution in [-0.2, 0) is 4.74 Å². The molecule has 5 aromatic rings. The second-order valence-electron chi connectivity index (χ2n) is 11.5. The van der Waals surface area contributed by atoms with Gasteiger partial charge in [0.05, 0.1) is 37.1 Å². The minimum Gasteiger partial charge on any atom is -0.495 e. The number of carbonyl (C=O) groups is 1. The minimum absolute atomic E-state index is 0.00562. The number of anilines is 2. The van der Waals surface area contributed by atoms with Crippen molar-refractivity contribution >= 4 is 39.0 Å². The quantitative estimate of drug-likeness (QED) is 0.273. The molecule has 0 aliphatic carbocycles. The van der Waals surface area contributed by atoms with Crippen LogP contribution >= 0.6 is 0 Å². The first kappa shape index (κ1) is 27.5. The summed E-state index contributed by atoms with van der Waals surface area (Å²) < 4.78 is 35.7. The van der Waals surface area contributed by atoms with E-state index in [2.05, 4.69) is 4.90 Å². The first-order valence-electron chi connectivity index (χ1n) is 15.1. The fraction of sp³-hybridized carbons (Fsp3) is 0.257. The van der Waals surface area contributed by atoms with Crippen LogP contribution in [0, 0.1) is 5.82 Å². The molecule has 0 atom stereocenters. The van der Waals surface area contributed by atoms with E-state index in [1.165, 1.54) is 6.07 Å². The molecule has 8 rings (SSSR count). The van der Waals surface area contributed by atoms with E-state index in [0.29, 0.717) is 75.1 Å². The largest absolute Gasteiger partial charge is 0.495 e. The molecule has 0 unspecified atom stereocenters. The number of para-hydroxylation sites is 2. The Balaban J connectivity index is 1.27. The number of methoxy groups -OCH3 is 1. The summed E-state index contributed by atoms with van der Waals surface area (Å²) in [5, 5.41) is 2.05. The highest BCUT2D eigenvalue weighted by molar-refractivity contribution is 6.02. The number of rotatable bonds is 4. The summed E-state index contributed by atoms with van der Waals surface area (Å²) in [5.74, 6) is 0.640. The van der Waals surface area contributed by atoms with Crippen LogP contribution in [0.3, 0.4) is 0 Å². The molecule has 1 amide bonds. The van der Waals surface area contributed by atoms with Crippen molar-refractivity contribution in [2.75, 3.05) is 69.4 Å². The Morgan fingerprint density at radius 2 is 1.53 bits per heavy atom. The van der Waals surface area contributed by atoms with E-state index in [1.54, 1.807) is 18.2 Å². The van der Waals surface area contributed by atoms with Crippen molar-refractivity contribution in [3.63, 3.8) is 0 Å². The van der Waals surface area contributed by atoms with Gasteiger partial charge in [-0.25, -0.2) is 4.39 Å². The van der Waals surface area contributed by atoms with Crippen molar-refractivity contribution < 1.29 is 23.4 Å². The molecule has 1 aromatic heterocycles. The molecular weight excluding hydrogens is 575 g/mol. The van der Waals surface area contributed by atoms with Crippen molar-refractivity contribution in [3.05, 3.63) is 94.5 Å². The Morgan fingerprint density at radius 1 is 0.844 bits per heavy atom. The lowest BCUT2D eigenvalue weighted by molar-refractivity contribution is 0.0301. The number of hydrogen-bond donors (Lipinski definition) is 0. The number of ether oxygens (including phenoxy) is 3. The van der Waals surface area contributed by atoms with Crippen molar-refractivity contribution in [3.8, 4) is 22.9 Å². The van der Waals surface area contributed by atoms with Crippen LogP contribution in [0.4, 0.5) is 15.8 Å². The summed E-state index contributed by atoms with van der Waals surface area (Å²) >= 11 is 0. The number of fused-ring (bicyclic) bond motifs is 3. The second-order valence-corrected chi connectivity index (χ2v) is 11.5. The zero-order chi connectivity index (χ0) is 30.7. The van der Waals surface area contributed by atoms with Crippen LogP contribution in [0.15, 0.2) is 77.7 Å². The van der Waals surface area contributed by atoms with Crippen LogP contribution in [0.2, 0.25) is 0 Å². The lowest BCUT2D eigenvalue weighted by atomic mass is 10.0. The number of piperazine rings is 1. The molecule has 3 aliphatic rings. The molecule has 0 spiro atoms. The van der Waals surface area contributed by atoms with Gasteiger partial charge in [0, 0.05) is 45.5 Å². The van der Waals surface area contributed by atoms with Gasteiger partial charge in [0.1, 0.15) is 22.5 Å². The number of halogens is 1. The van der Waals surface area contributed by atoms with Crippen LogP contribution < -0.4 is 24.7 Å². The summed E-state index contributed by atoms with van der Waals surface area (Å²) in [4.78, 5) is 33.4. The number of aromatic nitrogens is 1. The van der Waals surface area contributed by atoms with Crippen molar-refractivity contribution in [2.45, 2.75) is 0 Å². The molecule has 228 valence electrons. The smallest absolute Gasteiger partial charge is 0.259 e. The molecular formula is C35H31FN4O5. The van der Waals surface area contributed by atoms with E-state index in [1.807, 2.05) is 70.1 Å². The van der Waals surface area contributed by atoms with Gasteiger partial charge in [-0.15, -0.1) is 0 Å². The molecule has 0 radical (unpaired) electrons.